The van der Waals surface area contributed by atoms with Crippen molar-refractivity contribution in [2.24, 2.45) is 0 Å². The topological polar surface area (TPSA) is 22.4 Å². The minimum absolute atomic E-state index is 0.471. The SMILES string of the molecule is COC(Cl)c1occ([Si](C)(C)C)c1[Si](C)(C)C. The monoisotopic (exact) mass is 290 g/mol. The molecule has 1 rings (SSSR count). The fourth-order valence-electron chi connectivity index (χ4n) is 1.97. The lowest BCUT2D eigenvalue weighted by Gasteiger charge is -2.25. The largest absolute Gasteiger partial charge is 0.465 e. The van der Waals surface area contributed by atoms with Crippen LogP contribution in [0.1, 0.15) is 11.3 Å². The predicted molar refractivity (Wildman–Crippen MR) is 80.3 cm³/mol. The van der Waals surface area contributed by atoms with Gasteiger partial charge in [0, 0.05) is 7.11 Å². The summed E-state index contributed by atoms with van der Waals surface area (Å²) < 4.78 is 10.9. The quantitative estimate of drug-likeness (QED) is 0.627. The molecule has 0 fully saturated rings. The van der Waals surface area contributed by atoms with Crippen molar-refractivity contribution in [3.8, 4) is 0 Å². The molecule has 0 aliphatic rings. The highest BCUT2D eigenvalue weighted by Crippen LogP contribution is 2.23. The average Bonchev–Trinajstić information content (AvgIpc) is 2.59. The first-order chi connectivity index (χ1) is 7.59. The van der Waals surface area contributed by atoms with Crippen molar-refractivity contribution in [1.29, 1.82) is 0 Å². The summed E-state index contributed by atoms with van der Waals surface area (Å²) in [6, 6.07) is 0. The van der Waals surface area contributed by atoms with Gasteiger partial charge in [0.05, 0.1) is 22.4 Å². The van der Waals surface area contributed by atoms with Crippen LogP contribution in [0, 0.1) is 0 Å². The third-order valence-corrected chi connectivity index (χ3v) is 7.42. The highest BCUT2D eigenvalue weighted by Gasteiger charge is 2.34. The number of rotatable bonds is 4. The molecule has 0 aromatic carbocycles. The Morgan fingerprint density at radius 2 is 1.65 bits per heavy atom. The molecule has 0 saturated heterocycles. The predicted octanol–water partition coefficient (Wildman–Crippen LogP) is 3.25. The van der Waals surface area contributed by atoms with E-state index in [-0.39, 0.29) is 0 Å². The molecule has 0 aliphatic heterocycles. The standard InChI is InChI=1S/C12H23ClO2Si2/c1-14-12(13)10-11(17(5,6)7)9(8-15-10)16(2,3)4/h8,12H,1-7H3. The maximum absolute atomic E-state index is 6.19. The number of halogens is 1. The molecule has 5 heteroatoms. The summed E-state index contributed by atoms with van der Waals surface area (Å²) in [7, 11) is -1.27. The first-order valence-electron chi connectivity index (χ1n) is 5.88. The molecular weight excluding hydrogens is 268 g/mol. The van der Waals surface area contributed by atoms with Gasteiger partial charge in [0.1, 0.15) is 5.76 Å². The molecule has 0 radical (unpaired) electrons. The average molecular weight is 291 g/mol. The molecule has 0 amide bonds. The van der Waals surface area contributed by atoms with Crippen molar-refractivity contribution in [3.63, 3.8) is 0 Å². The molecule has 1 aromatic heterocycles. The molecule has 1 atom stereocenters. The van der Waals surface area contributed by atoms with Crippen LogP contribution in [0.4, 0.5) is 0 Å². The number of alkyl halides is 1. The van der Waals surface area contributed by atoms with Crippen molar-refractivity contribution in [1.82, 2.24) is 0 Å². The van der Waals surface area contributed by atoms with Gasteiger partial charge < -0.3 is 9.15 Å². The van der Waals surface area contributed by atoms with Crippen molar-refractivity contribution in [3.05, 3.63) is 12.0 Å². The van der Waals surface area contributed by atoms with Crippen molar-refractivity contribution in [2.75, 3.05) is 7.11 Å². The van der Waals surface area contributed by atoms with Gasteiger partial charge in [-0.1, -0.05) is 50.9 Å². The van der Waals surface area contributed by atoms with Gasteiger partial charge in [0.15, 0.2) is 5.56 Å². The summed E-state index contributed by atoms with van der Waals surface area (Å²) in [5.74, 6) is 0.825. The Bertz CT molecular complexity index is 388. The number of hydrogen-bond acceptors (Lipinski definition) is 2. The van der Waals surface area contributed by atoms with Crippen LogP contribution in [0.15, 0.2) is 10.7 Å². The minimum atomic E-state index is -1.48. The van der Waals surface area contributed by atoms with E-state index < -0.39 is 21.7 Å². The number of furan rings is 1. The van der Waals surface area contributed by atoms with Crippen LogP contribution in [-0.2, 0) is 4.74 Å². The van der Waals surface area contributed by atoms with Crippen LogP contribution in [-0.4, -0.2) is 23.3 Å². The van der Waals surface area contributed by atoms with Gasteiger partial charge in [0.25, 0.3) is 0 Å². The smallest absolute Gasteiger partial charge is 0.188 e. The summed E-state index contributed by atoms with van der Waals surface area (Å²) in [4.78, 5) is 0. The number of methoxy groups -OCH3 is 1. The van der Waals surface area contributed by atoms with Crippen LogP contribution < -0.4 is 10.4 Å². The molecule has 98 valence electrons. The Morgan fingerprint density at radius 1 is 1.12 bits per heavy atom. The fraction of sp³-hybridized carbons (Fsp3) is 0.667. The molecule has 0 bridgehead atoms. The van der Waals surface area contributed by atoms with E-state index in [1.165, 1.54) is 10.4 Å². The van der Waals surface area contributed by atoms with E-state index in [9.17, 15) is 0 Å². The Labute approximate surface area is 111 Å². The molecule has 0 aliphatic carbocycles. The minimum Gasteiger partial charge on any atom is -0.465 e. The summed E-state index contributed by atoms with van der Waals surface area (Å²) in [5, 5.41) is 2.76. The molecule has 1 aromatic rings. The van der Waals surface area contributed by atoms with Crippen LogP contribution in [0.5, 0.6) is 0 Å². The van der Waals surface area contributed by atoms with Gasteiger partial charge in [-0.15, -0.1) is 0 Å². The van der Waals surface area contributed by atoms with Gasteiger partial charge >= 0.3 is 0 Å². The molecule has 0 spiro atoms. The maximum Gasteiger partial charge on any atom is 0.188 e. The van der Waals surface area contributed by atoms with Gasteiger partial charge in [-0.3, -0.25) is 0 Å². The second-order valence-electron chi connectivity index (χ2n) is 6.44. The maximum atomic E-state index is 6.19. The molecular formula is C12H23ClO2Si2. The van der Waals surface area contributed by atoms with E-state index >= 15 is 0 Å². The van der Waals surface area contributed by atoms with Gasteiger partial charge in [-0.25, -0.2) is 0 Å². The van der Waals surface area contributed by atoms with E-state index in [2.05, 4.69) is 39.3 Å². The van der Waals surface area contributed by atoms with Crippen molar-refractivity contribution >= 4 is 38.1 Å². The third-order valence-electron chi connectivity index (χ3n) is 2.79. The summed E-state index contributed by atoms with van der Waals surface area (Å²) in [6.45, 7) is 14.0. The Hall–Kier alpha value is -0.0362. The molecule has 17 heavy (non-hydrogen) atoms. The zero-order valence-electron chi connectivity index (χ0n) is 11.8. The zero-order chi connectivity index (χ0) is 13.4. The first-order valence-corrected chi connectivity index (χ1v) is 13.3. The van der Waals surface area contributed by atoms with Gasteiger partial charge in [-0.05, 0) is 10.4 Å². The van der Waals surface area contributed by atoms with Crippen LogP contribution in [0.2, 0.25) is 39.3 Å². The fourth-order valence-corrected chi connectivity index (χ4v) is 7.56. The second-order valence-corrected chi connectivity index (χ2v) is 16.9. The normalized spacial score (nSPS) is 15.1. The zero-order valence-corrected chi connectivity index (χ0v) is 14.6. The van der Waals surface area contributed by atoms with E-state index in [0.717, 1.165) is 5.76 Å². The highest BCUT2D eigenvalue weighted by molar-refractivity contribution is 6.98. The number of hydrogen-bond donors (Lipinski definition) is 0. The van der Waals surface area contributed by atoms with E-state index in [4.69, 9.17) is 20.8 Å². The van der Waals surface area contributed by atoms with Crippen LogP contribution in [0.25, 0.3) is 0 Å². The summed E-state index contributed by atoms with van der Waals surface area (Å²) in [6.07, 6.45) is 1.91. The summed E-state index contributed by atoms with van der Waals surface area (Å²) >= 11 is 6.19. The first kappa shape index (κ1) is 15.0. The van der Waals surface area contributed by atoms with Crippen molar-refractivity contribution in [2.45, 2.75) is 44.8 Å². The lowest BCUT2D eigenvalue weighted by atomic mass is 10.4. The Morgan fingerprint density at radius 3 is 2.00 bits per heavy atom. The Kier molecular flexibility index (Phi) is 4.34. The molecule has 2 nitrogen and oxygen atoms in total. The lowest BCUT2D eigenvalue weighted by molar-refractivity contribution is 0.150. The lowest BCUT2D eigenvalue weighted by Crippen LogP contribution is -2.55. The molecule has 1 heterocycles. The molecule has 0 N–H and O–H groups in total. The summed E-state index contributed by atoms with van der Waals surface area (Å²) in [5.41, 5.74) is -0.471. The molecule has 1 unspecified atom stereocenters. The third kappa shape index (κ3) is 3.25. The van der Waals surface area contributed by atoms with Crippen LogP contribution in [0.3, 0.4) is 0 Å². The highest BCUT2D eigenvalue weighted by atomic mass is 35.5. The van der Waals surface area contributed by atoms with Crippen molar-refractivity contribution < 1.29 is 9.15 Å². The van der Waals surface area contributed by atoms with Crippen LogP contribution >= 0.6 is 11.6 Å². The van der Waals surface area contributed by atoms with E-state index in [1.807, 2.05) is 6.26 Å². The second kappa shape index (κ2) is 4.92. The Balaban J connectivity index is 3.41. The van der Waals surface area contributed by atoms with Gasteiger partial charge in [-0.2, -0.15) is 0 Å². The van der Waals surface area contributed by atoms with E-state index in [0.29, 0.717) is 0 Å². The van der Waals surface area contributed by atoms with E-state index in [1.54, 1.807) is 7.11 Å². The van der Waals surface area contributed by atoms with Gasteiger partial charge in [0.2, 0.25) is 0 Å². The number of ether oxygens (including phenoxy) is 1. The molecule has 0 saturated carbocycles.